The van der Waals surface area contributed by atoms with Gasteiger partial charge < -0.3 is 4.74 Å². The number of ether oxygens (including phenoxy) is 1. The topological polar surface area (TPSA) is 9.23 Å². The number of halogens is 2. The lowest BCUT2D eigenvalue weighted by Gasteiger charge is -2.21. The Balaban J connectivity index is 2.11. The van der Waals surface area contributed by atoms with Crippen LogP contribution in [0.3, 0.4) is 0 Å². The van der Waals surface area contributed by atoms with Crippen LogP contribution in [0.5, 0.6) is 5.75 Å². The van der Waals surface area contributed by atoms with Gasteiger partial charge in [0.15, 0.2) is 11.6 Å². The van der Waals surface area contributed by atoms with Crippen molar-refractivity contribution in [2.24, 2.45) is 11.8 Å². The van der Waals surface area contributed by atoms with Crippen molar-refractivity contribution in [3.8, 4) is 5.75 Å². The molecule has 0 spiro atoms. The van der Waals surface area contributed by atoms with Crippen molar-refractivity contribution in [1.29, 1.82) is 0 Å². The fraction of sp³-hybridized carbons (Fsp3) is 0.600. The van der Waals surface area contributed by atoms with Crippen LogP contribution in [-0.4, -0.2) is 12.4 Å². The second kappa shape index (κ2) is 6.55. The summed E-state index contributed by atoms with van der Waals surface area (Å²) in [7, 11) is 1.52. The normalized spacial score (nSPS) is 17.9. The Kier molecular flexibility index (Phi) is 5.04. The molecule has 3 heteroatoms. The zero-order valence-electron chi connectivity index (χ0n) is 10.8. The zero-order chi connectivity index (χ0) is 13.0. The largest absolute Gasteiger partial charge is 0.494 e. The molecular formula is C15H20BrFO. The van der Waals surface area contributed by atoms with Crippen LogP contribution in [0.2, 0.25) is 0 Å². The molecule has 1 saturated carbocycles. The van der Waals surface area contributed by atoms with E-state index in [1.165, 1.54) is 32.8 Å². The Labute approximate surface area is 117 Å². The molecule has 1 fully saturated rings. The second-order valence-corrected chi connectivity index (χ2v) is 5.74. The highest BCUT2D eigenvalue weighted by atomic mass is 79.9. The van der Waals surface area contributed by atoms with Crippen LogP contribution < -0.4 is 4.74 Å². The summed E-state index contributed by atoms with van der Waals surface area (Å²) in [5.41, 5.74) is 0.783. The van der Waals surface area contributed by atoms with Gasteiger partial charge in [0.05, 0.1) is 7.11 Å². The van der Waals surface area contributed by atoms with Gasteiger partial charge in [-0.3, -0.25) is 0 Å². The molecule has 0 bridgehead atoms. The van der Waals surface area contributed by atoms with E-state index < -0.39 is 0 Å². The van der Waals surface area contributed by atoms with E-state index in [1.54, 1.807) is 6.07 Å². The molecule has 1 unspecified atom stereocenters. The van der Waals surface area contributed by atoms with Gasteiger partial charge in [0.25, 0.3) is 0 Å². The lowest BCUT2D eigenvalue weighted by molar-refractivity contribution is 0.358. The fourth-order valence-electron chi connectivity index (χ4n) is 2.93. The molecule has 1 aromatic carbocycles. The fourth-order valence-corrected chi connectivity index (χ4v) is 3.69. The summed E-state index contributed by atoms with van der Waals surface area (Å²) in [4.78, 5) is 0. The number of hydrogen-bond donors (Lipinski definition) is 0. The lowest BCUT2D eigenvalue weighted by atomic mass is 9.87. The average molecular weight is 315 g/mol. The maximum atomic E-state index is 14.1. The van der Waals surface area contributed by atoms with Crippen LogP contribution in [0, 0.1) is 17.7 Å². The monoisotopic (exact) mass is 314 g/mol. The number of alkyl halides is 1. The van der Waals surface area contributed by atoms with E-state index in [0.717, 1.165) is 23.2 Å². The molecule has 1 aliphatic rings. The number of hydrogen-bond acceptors (Lipinski definition) is 1. The smallest absolute Gasteiger partial charge is 0.168 e. The first-order valence-corrected chi connectivity index (χ1v) is 7.75. The van der Waals surface area contributed by atoms with Gasteiger partial charge in [-0.15, -0.1) is 0 Å². The Morgan fingerprint density at radius 3 is 2.72 bits per heavy atom. The van der Waals surface area contributed by atoms with Crippen molar-refractivity contribution in [3.63, 3.8) is 0 Å². The van der Waals surface area contributed by atoms with Crippen LogP contribution in [0.1, 0.15) is 31.2 Å². The second-order valence-electron chi connectivity index (χ2n) is 5.10. The van der Waals surface area contributed by atoms with Crippen LogP contribution in [0.15, 0.2) is 18.2 Å². The minimum atomic E-state index is -0.191. The standard InChI is InChI=1S/C15H20BrFO/c1-18-14-8-4-7-12(15(14)17)9-13(10-16)11-5-2-3-6-11/h4,7-8,11,13H,2-3,5-6,9-10H2,1H3. The van der Waals surface area contributed by atoms with Crippen molar-refractivity contribution < 1.29 is 9.13 Å². The van der Waals surface area contributed by atoms with Crippen molar-refractivity contribution >= 4 is 15.9 Å². The first-order valence-electron chi connectivity index (χ1n) is 6.63. The third kappa shape index (κ3) is 3.05. The minimum absolute atomic E-state index is 0.191. The van der Waals surface area contributed by atoms with Crippen LogP contribution >= 0.6 is 15.9 Å². The number of methoxy groups -OCH3 is 1. The maximum absolute atomic E-state index is 14.1. The Bertz CT molecular complexity index is 388. The molecule has 1 aromatic rings. The molecule has 0 amide bonds. The third-order valence-electron chi connectivity index (χ3n) is 4.01. The van der Waals surface area contributed by atoms with Crippen LogP contribution in [0.25, 0.3) is 0 Å². The van der Waals surface area contributed by atoms with Gasteiger partial charge in [0, 0.05) is 5.33 Å². The third-order valence-corrected chi connectivity index (χ3v) is 4.84. The van der Waals surface area contributed by atoms with Crippen molar-refractivity contribution in [3.05, 3.63) is 29.6 Å². The molecule has 1 atom stereocenters. The van der Waals surface area contributed by atoms with Crippen LogP contribution in [-0.2, 0) is 6.42 Å². The summed E-state index contributed by atoms with van der Waals surface area (Å²) >= 11 is 3.59. The predicted octanol–water partition coefficient (Wildman–Crippen LogP) is 4.58. The van der Waals surface area contributed by atoms with E-state index >= 15 is 0 Å². The Hall–Kier alpha value is -0.570. The molecule has 0 saturated heterocycles. The average Bonchev–Trinajstić information content (AvgIpc) is 2.91. The van der Waals surface area contributed by atoms with E-state index in [9.17, 15) is 4.39 Å². The summed E-state index contributed by atoms with van der Waals surface area (Å²) in [5.74, 6) is 1.44. The summed E-state index contributed by atoms with van der Waals surface area (Å²) in [5, 5.41) is 0.953. The highest BCUT2D eigenvalue weighted by Gasteiger charge is 2.25. The highest BCUT2D eigenvalue weighted by Crippen LogP contribution is 2.35. The molecule has 1 aliphatic carbocycles. The highest BCUT2D eigenvalue weighted by molar-refractivity contribution is 9.09. The van der Waals surface area contributed by atoms with E-state index in [1.807, 2.05) is 12.1 Å². The molecule has 18 heavy (non-hydrogen) atoms. The zero-order valence-corrected chi connectivity index (χ0v) is 12.4. The quantitative estimate of drug-likeness (QED) is 0.723. The summed E-state index contributed by atoms with van der Waals surface area (Å²) in [6.45, 7) is 0. The van der Waals surface area contributed by atoms with E-state index in [4.69, 9.17) is 4.74 Å². The first kappa shape index (κ1) is 13.9. The van der Waals surface area contributed by atoms with Gasteiger partial charge in [-0.25, -0.2) is 4.39 Å². The SMILES string of the molecule is COc1cccc(CC(CBr)C2CCCC2)c1F. The van der Waals surface area contributed by atoms with Gasteiger partial charge in [-0.1, -0.05) is 53.7 Å². The van der Waals surface area contributed by atoms with Crippen molar-refractivity contribution in [2.75, 3.05) is 12.4 Å². The van der Waals surface area contributed by atoms with Gasteiger partial charge in [-0.05, 0) is 29.9 Å². The maximum Gasteiger partial charge on any atom is 0.168 e. The molecule has 0 radical (unpaired) electrons. The van der Waals surface area contributed by atoms with Crippen molar-refractivity contribution in [2.45, 2.75) is 32.1 Å². The van der Waals surface area contributed by atoms with Crippen molar-refractivity contribution in [1.82, 2.24) is 0 Å². The summed E-state index contributed by atoms with van der Waals surface area (Å²) < 4.78 is 19.2. The van der Waals surface area contributed by atoms with E-state index in [0.29, 0.717) is 11.7 Å². The first-order chi connectivity index (χ1) is 8.76. The molecular weight excluding hydrogens is 295 g/mol. The molecule has 0 heterocycles. The molecule has 0 aliphatic heterocycles. The van der Waals surface area contributed by atoms with E-state index in [-0.39, 0.29) is 5.82 Å². The molecule has 0 N–H and O–H groups in total. The number of benzene rings is 1. The molecule has 1 nitrogen and oxygen atoms in total. The van der Waals surface area contributed by atoms with Gasteiger partial charge in [0.2, 0.25) is 0 Å². The van der Waals surface area contributed by atoms with Gasteiger partial charge in [-0.2, -0.15) is 0 Å². The van der Waals surface area contributed by atoms with E-state index in [2.05, 4.69) is 15.9 Å². The number of rotatable bonds is 5. The van der Waals surface area contributed by atoms with Gasteiger partial charge in [0.1, 0.15) is 0 Å². The molecule has 100 valence electrons. The molecule has 2 rings (SSSR count). The minimum Gasteiger partial charge on any atom is -0.494 e. The molecule has 0 aromatic heterocycles. The Morgan fingerprint density at radius 2 is 2.11 bits per heavy atom. The predicted molar refractivity (Wildman–Crippen MR) is 75.9 cm³/mol. The summed E-state index contributed by atoms with van der Waals surface area (Å²) in [6, 6.07) is 5.43. The van der Waals surface area contributed by atoms with Gasteiger partial charge >= 0.3 is 0 Å². The van der Waals surface area contributed by atoms with Crippen LogP contribution in [0.4, 0.5) is 4.39 Å². The Morgan fingerprint density at radius 1 is 1.39 bits per heavy atom. The lowest BCUT2D eigenvalue weighted by Crippen LogP contribution is -2.17. The summed E-state index contributed by atoms with van der Waals surface area (Å²) in [6.07, 6.45) is 6.05.